The first-order valence-electron chi connectivity index (χ1n) is 6.63. The largest absolute Gasteiger partial charge is 0.469 e. The van der Waals surface area contributed by atoms with Crippen molar-refractivity contribution in [2.45, 2.75) is 24.9 Å². The van der Waals surface area contributed by atoms with Crippen molar-refractivity contribution in [1.82, 2.24) is 10.2 Å². The predicted octanol–water partition coefficient (Wildman–Crippen LogP) is -0.352. The molecule has 12 heteroatoms. The highest BCUT2D eigenvalue weighted by Crippen LogP contribution is 2.37. The van der Waals surface area contributed by atoms with E-state index >= 15 is 0 Å². The number of imide groups is 1. The molecule has 2 aliphatic rings. The number of ether oxygens (including phenoxy) is 1. The van der Waals surface area contributed by atoms with E-state index in [1.807, 2.05) is 0 Å². The van der Waals surface area contributed by atoms with E-state index in [-0.39, 0.29) is 13.0 Å². The normalized spacial score (nSPS) is 32.6. The van der Waals surface area contributed by atoms with Crippen LogP contribution < -0.4 is 5.32 Å². The second-order valence-corrected chi connectivity index (χ2v) is 6.86. The van der Waals surface area contributed by atoms with Gasteiger partial charge in [0.2, 0.25) is 5.91 Å². The number of rotatable bonds is 5. The number of amides is 3. The van der Waals surface area contributed by atoms with Crippen LogP contribution in [-0.2, 0) is 18.6 Å². The van der Waals surface area contributed by atoms with E-state index in [0.717, 1.165) is 0 Å². The molecule has 2 aliphatic heterocycles. The molecule has 2 fully saturated rings. The molecule has 0 saturated carbocycles. The average Bonchev–Trinajstić information content (AvgIpc) is 2.80. The fourth-order valence-corrected chi connectivity index (χ4v) is 3.07. The highest BCUT2D eigenvalue weighted by Gasteiger charge is 2.43. The Labute approximate surface area is 139 Å². The molecule has 0 bridgehead atoms. The van der Waals surface area contributed by atoms with Gasteiger partial charge in [-0.05, 0) is 4.99 Å². The Kier molecular flexibility index (Phi) is 5.95. The third-order valence-corrected chi connectivity index (χ3v) is 4.28. The van der Waals surface area contributed by atoms with Gasteiger partial charge in [-0.3, -0.25) is 19.5 Å². The summed E-state index contributed by atoms with van der Waals surface area (Å²) in [6.45, 7) is -0.447. The summed E-state index contributed by atoms with van der Waals surface area (Å²) < 4.78 is 20.4. The Morgan fingerprint density at radius 3 is 2.78 bits per heavy atom. The summed E-state index contributed by atoms with van der Waals surface area (Å²) in [6.07, 6.45) is -1.25. The molecule has 0 aromatic rings. The molecule has 4 atom stereocenters. The number of aliphatic hydroxyl groups is 1. The summed E-state index contributed by atoms with van der Waals surface area (Å²) in [5.74, 6) is -1.01. The van der Waals surface area contributed by atoms with Gasteiger partial charge < -0.3 is 19.6 Å². The fraction of sp³-hybridized carbons (Fsp3) is 0.636. The van der Waals surface area contributed by atoms with E-state index < -0.39 is 50.7 Å². The summed E-state index contributed by atoms with van der Waals surface area (Å²) in [4.78, 5) is 43.7. The van der Waals surface area contributed by atoms with Crippen LogP contribution in [0.2, 0.25) is 0 Å². The minimum absolute atomic E-state index is 0.0432. The number of halogens is 1. The van der Waals surface area contributed by atoms with Gasteiger partial charge >= 0.3 is 13.9 Å². The predicted molar refractivity (Wildman–Crippen MR) is 79.1 cm³/mol. The maximum atomic E-state index is 11.9. The Hall–Kier alpha value is -0.810. The molecule has 2 rings (SSSR count). The number of aliphatic hydroxyl groups excluding tert-OH is 1. The molecule has 0 spiro atoms. The maximum absolute atomic E-state index is 11.9. The van der Waals surface area contributed by atoms with Crippen LogP contribution in [0.1, 0.15) is 6.42 Å². The van der Waals surface area contributed by atoms with Gasteiger partial charge in [0.1, 0.15) is 12.3 Å². The van der Waals surface area contributed by atoms with Crippen molar-refractivity contribution in [2.75, 3.05) is 13.2 Å². The molecule has 0 aliphatic carbocycles. The molecule has 1 unspecified atom stereocenters. The van der Waals surface area contributed by atoms with Gasteiger partial charge in [0.25, 0.3) is 0 Å². The minimum atomic E-state index is -4.68. The molecule has 2 saturated heterocycles. The van der Waals surface area contributed by atoms with Crippen molar-refractivity contribution >= 4 is 35.7 Å². The first-order chi connectivity index (χ1) is 10.7. The molecular formula is C11H16BrN2O8P. The Balaban J connectivity index is 2.00. The Morgan fingerprint density at radius 1 is 1.48 bits per heavy atom. The standard InChI is InChI=1S/C11H16BrN2O8P/c12-2-1-6-4-14(11(17)13-10(6)16)9-3-7(15)8(22-9)5-21-23(18,19)20/h1-2,6-9,15H,3-5H2,(H,13,16,17)(H2,18,19,20)/b2-1+/t6?,7-,8+,9+/m0/s1. The number of hydrogen-bond acceptors (Lipinski definition) is 6. The molecule has 4 N–H and O–H groups in total. The summed E-state index contributed by atoms with van der Waals surface area (Å²) in [5, 5.41) is 12.1. The molecule has 3 amide bonds. The zero-order valence-corrected chi connectivity index (χ0v) is 14.2. The van der Waals surface area contributed by atoms with Gasteiger partial charge in [-0.1, -0.05) is 22.0 Å². The number of carbonyl (C=O) groups is 2. The third kappa shape index (κ3) is 4.83. The minimum Gasteiger partial charge on any atom is -0.390 e. The lowest BCUT2D eigenvalue weighted by Crippen LogP contribution is -2.57. The molecule has 23 heavy (non-hydrogen) atoms. The van der Waals surface area contributed by atoms with Gasteiger partial charge in [-0.2, -0.15) is 0 Å². The van der Waals surface area contributed by atoms with E-state index in [1.54, 1.807) is 6.08 Å². The fourth-order valence-electron chi connectivity index (χ4n) is 2.36. The maximum Gasteiger partial charge on any atom is 0.469 e. The van der Waals surface area contributed by atoms with Crippen molar-refractivity contribution in [3.8, 4) is 0 Å². The van der Waals surface area contributed by atoms with Gasteiger partial charge in [0.15, 0.2) is 0 Å². The van der Waals surface area contributed by atoms with Crippen molar-refractivity contribution in [3.63, 3.8) is 0 Å². The lowest BCUT2D eigenvalue weighted by molar-refractivity contribution is -0.127. The van der Waals surface area contributed by atoms with Gasteiger partial charge in [-0.25, -0.2) is 9.36 Å². The molecule has 10 nitrogen and oxygen atoms in total. The molecule has 2 heterocycles. The third-order valence-electron chi connectivity index (χ3n) is 3.48. The highest BCUT2D eigenvalue weighted by atomic mass is 79.9. The highest BCUT2D eigenvalue weighted by molar-refractivity contribution is 9.11. The van der Waals surface area contributed by atoms with Crippen LogP contribution in [0.25, 0.3) is 0 Å². The van der Waals surface area contributed by atoms with Crippen LogP contribution in [0.4, 0.5) is 4.79 Å². The molecule has 130 valence electrons. The summed E-state index contributed by atoms with van der Waals surface area (Å²) >= 11 is 3.06. The van der Waals surface area contributed by atoms with E-state index in [1.165, 1.54) is 9.89 Å². The monoisotopic (exact) mass is 414 g/mol. The Bertz CT molecular complexity index is 552. The Morgan fingerprint density at radius 2 is 2.17 bits per heavy atom. The summed E-state index contributed by atoms with van der Waals surface area (Å²) in [5.41, 5.74) is 0. The van der Waals surface area contributed by atoms with Crippen LogP contribution in [0, 0.1) is 5.92 Å². The quantitative estimate of drug-likeness (QED) is 0.446. The SMILES string of the molecule is O=C1NC(=O)N([C@H]2C[C@H](O)[C@@H](COP(=O)(O)O)O2)CC1/C=C/Br. The zero-order chi connectivity index (χ0) is 17.2. The lowest BCUT2D eigenvalue weighted by atomic mass is 10.1. The van der Waals surface area contributed by atoms with Gasteiger partial charge in [0, 0.05) is 13.0 Å². The number of phosphoric ester groups is 1. The number of carbonyl (C=O) groups excluding carboxylic acids is 2. The second-order valence-electron chi connectivity index (χ2n) is 5.09. The smallest absolute Gasteiger partial charge is 0.390 e. The van der Waals surface area contributed by atoms with Gasteiger partial charge in [-0.15, -0.1) is 0 Å². The number of nitrogens with zero attached hydrogens (tertiary/aromatic N) is 1. The lowest BCUT2D eigenvalue weighted by Gasteiger charge is -2.34. The van der Waals surface area contributed by atoms with Crippen LogP contribution >= 0.6 is 23.8 Å². The summed E-state index contributed by atoms with van der Waals surface area (Å²) in [7, 11) is -4.68. The first-order valence-corrected chi connectivity index (χ1v) is 9.08. The number of urea groups is 1. The van der Waals surface area contributed by atoms with Crippen molar-refractivity contribution in [3.05, 3.63) is 11.1 Å². The second kappa shape index (κ2) is 7.39. The molecular weight excluding hydrogens is 399 g/mol. The molecule has 0 aromatic heterocycles. The first kappa shape index (κ1) is 18.5. The molecule has 0 radical (unpaired) electrons. The number of phosphoric acid groups is 1. The average molecular weight is 415 g/mol. The van der Waals surface area contributed by atoms with E-state index in [0.29, 0.717) is 0 Å². The van der Waals surface area contributed by atoms with E-state index in [2.05, 4.69) is 25.8 Å². The van der Waals surface area contributed by atoms with E-state index in [9.17, 15) is 19.3 Å². The van der Waals surface area contributed by atoms with Crippen LogP contribution in [0.3, 0.4) is 0 Å². The zero-order valence-electron chi connectivity index (χ0n) is 11.7. The van der Waals surface area contributed by atoms with Crippen LogP contribution in [0.5, 0.6) is 0 Å². The van der Waals surface area contributed by atoms with E-state index in [4.69, 9.17) is 14.5 Å². The van der Waals surface area contributed by atoms with Crippen molar-refractivity contribution in [2.24, 2.45) is 5.92 Å². The van der Waals surface area contributed by atoms with Gasteiger partial charge in [0.05, 0.1) is 18.6 Å². The van der Waals surface area contributed by atoms with Crippen LogP contribution in [-0.4, -0.2) is 63.3 Å². The molecule has 0 aromatic carbocycles. The van der Waals surface area contributed by atoms with Crippen molar-refractivity contribution < 1.29 is 38.3 Å². The number of nitrogens with one attached hydrogen (secondary N) is 1. The topological polar surface area (TPSA) is 146 Å². The van der Waals surface area contributed by atoms with Crippen molar-refractivity contribution in [1.29, 1.82) is 0 Å². The summed E-state index contributed by atoms with van der Waals surface area (Å²) in [6, 6.07) is -0.650. The number of hydrogen-bond donors (Lipinski definition) is 4. The van der Waals surface area contributed by atoms with Crippen LogP contribution in [0.15, 0.2) is 11.1 Å².